The van der Waals surface area contributed by atoms with Gasteiger partial charge in [-0.3, -0.25) is 9.59 Å². The number of hydrogen-bond acceptors (Lipinski definition) is 3. The van der Waals surface area contributed by atoms with Crippen molar-refractivity contribution in [1.82, 2.24) is 4.98 Å². The zero-order valence-electron chi connectivity index (χ0n) is 8.05. The predicted octanol–water partition coefficient (Wildman–Crippen LogP) is 1.01. The first-order valence-corrected chi connectivity index (χ1v) is 4.35. The highest BCUT2D eigenvalue weighted by molar-refractivity contribution is 5.78. The molecule has 1 aromatic carbocycles. The van der Waals surface area contributed by atoms with Crippen LogP contribution in [-0.4, -0.2) is 10.1 Å². The zero-order valence-corrected chi connectivity index (χ0v) is 8.05. The van der Waals surface area contributed by atoms with Crippen LogP contribution in [0.25, 0.3) is 10.9 Å². The molecule has 0 bridgehead atoms. The molecule has 4 nitrogen and oxygen atoms in total. The third kappa shape index (κ3) is 1.65. The van der Waals surface area contributed by atoms with Crippen molar-refractivity contribution in [3.05, 3.63) is 50.2 Å². The van der Waals surface area contributed by atoms with E-state index in [1.54, 1.807) is 4.98 Å². The fourth-order valence-electron chi connectivity index (χ4n) is 1.36. The summed E-state index contributed by atoms with van der Waals surface area (Å²) >= 11 is 0. The van der Waals surface area contributed by atoms with Crippen LogP contribution < -0.4 is 11.0 Å². The third-order valence-corrected chi connectivity index (χ3v) is 2.17. The largest absolute Gasteiger partial charge is 0.503 e. The van der Waals surface area contributed by atoms with Gasteiger partial charge in [0.15, 0.2) is 28.6 Å². The molecule has 0 aliphatic carbocycles. The minimum Gasteiger partial charge on any atom is -0.503 e. The first kappa shape index (κ1) is 11.2. The van der Waals surface area contributed by atoms with Gasteiger partial charge in [0, 0.05) is 6.07 Å². The molecule has 0 aliphatic heterocycles. The van der Waals surface area contributed by atoms with Crippen LogP contribution in [0.1, 0.15) is 0 Å². The van der Waals surface area contributed by atoms with Crippen LogP contribution in [0.5, 0.6) is 5.75 Å². The van der Waals surface area contributed by atoms with E-state index in [0.29, 0.717) is 12.1 Å². The van der Waals surface area contributed by atoms with E-state index in [0.717, 1.165) is 0 Å². The Morgan fingerprint density at radius 2 is 1.71 bits per heavy atom. The quantitative estimate of drug-likeness (QED) is 0.678. The second-order valence-corrected chi connectivity index (χ2v) is 3.26. The summed E-state index contributed by atoms with van der Waals surface area (Å²) in [5.41, 5.74) is -2.98. The molecule has 0 radical (unpaired) electrons. The summed E-state index contributed by atoms with van der Waals surface area (Å²) in [6, 6.07) is 0.948. The van der Waals surface area contributed by atoms with Gasteiger partial charge >= 0.3 is 0 Å². The van der Waals surface area contributed by atoms with Crippen molar-refractivity contribution >= 4 is 10.9 Å². The molecule has 0 saturated heterocycles. The van der Waals surface area contributed by atoms with Gasteiger partial charge < -0.3 is 10.1 Å². The van der Waals surface area contributed by atoms with Crippen molar-refractivity contribution < 1.29 is 18.3 Å². The average molecular weight is 243 g/mol. The molecule has 0 saturated carbocycles. The normalized spacial score (nSPS) is 10.8. The molecule has 0 aliphatic rings. The summed E-state index contributed by atoms with van der Waals surface area (Å²) in [5.74, 6) is -6.02. The van der Waals surface area contributed by atoms with E-state index in [-0.39, 0.29) is 0 Å². The fourth-order valence-corrected chi connectivity index (χ4v) is 1.36. The Morgan fingerprint density at radius 1 is 1.06 bits per heavy atom. The van der Waals surface area contributed by atoms with Gasteiger partial charge in [0.05, 0.1) is 10.9 Å². The maximum absolute atomic E-state index is 13.3. The summed E-state index contributed by atoms with van der Waals surface area (Å²) < 4.78 is 39.1. The van der Waals surface area contributed by atoms with Crippen LogP contribution in [0.4, 0.5) is 13.2 Å². The topological polar surface area (TPSA) is 70.2 Å². The summed E-state index contributed by atoms with van der Waals surface area (Å²) in [6.45, 7) is 0. The van der Waals surface area contributed by atoms with Gasteiger partial charge in [-0.15, -0.1) is 0 Å². The molecule has 7 heteroatoms. The number of rotatable bonds is 0. The Hall–Kier alpha value is -2.31. The highest BCUT2D eigenvalue weighted by atomic mass is 19.2. The fraction of sp³-hybridized carbons (Fsp3) is 0. The Balaban J connectivity index is 3.19. The predicted molar refractivity (Wildman–Crippen MR) is 52.4 cm³/mol. The van der Waals surface area contributed by atoms with E-state index < -0.39 is 45.1 Å². The van der Waals surface area contributed by atoms with Crippen molar-refractivity contribution in [3.63, 3.8) is 0 Å². The monoisotopic (exact) mass is 243 g/mol. The molecular weight excluding hydrogens is 239 g/mol. The van der Waals surface area contributed by atoms with E-state index in [4.69, 9.17) is 5.11 Å². The average Bonchev–Trinajstić information content (AvgIpc) is 2.37. The lowest BCUT2D eigenvalue weighted by molar-refractivity contribution is 0.452. The molecule has 0 amide bonds. The summed E-state index contributed by atoms with van der Waals surface area (Å²) in [7, 11) is 0. The van der Waals surface area contributed by atoms with E-state index >= 15 is 0 Å². The van der Waals surface area contributed by atoms with Crippen molar-refractivity contribution in [3.8, 4) is 5.75 Å². The standard InChI is InChI=1S/C10H4F3NO3/c11-4-1-3-5(15)2-6(16)10(17)14-9(3)8(13)7(4)12/h1-2,16H,(H,14,17). The molecule has 2 aromatic rings. The van der Waals surface area contributed by atoms with Crippen LogP contribution in [0.15, 0.2) is 21.7 Å². The number of aromatic amines is 1. The van der Waals surface area contributed by atoms with Crippen molar-refractivity contribution in [1.29, 1.82) is 0 Å². The highest BCUT2D eigenvalue weighted by Gasteiger charge is 2.16. The SMILES string of the molecule is O=c1[nH]c2c(F)c(F)c(F)cc2c(=O)cc1O. The van der Waals surface area contributed by atoms with Crippen LogP contribution >= 0.6 is 0 Å². The number of aromatic hydroxyl groups is 1. The van der Waals surface area contributed by atoms with Gasteiger partial charge in [-0.1, -0.05) is 0 Å². The molecule has 88 valence electrons. The maximum atomic E-state index is 13.3. The molecule has 0 spiro atoms. The number of benzene rings is 1. The molecule has 1 aromatic heterocycles. The molecule has 2 N–H and O–H groups in total. The van der Waals surface area contributed by atoms with Gasteiger partial charge in [0.25, 0.3) is 5.56 Å². The minimum absolute atomic E-state index is 0.450. The zero-order chi connectivity index (χ0) is 12.7. The highest BCUT2D eigenvalue weighted by Crippen LogP contribution is 2.18. The Bertz CT molecular complexity index is 739. The number of hydrogen-bond donors (Lipinski definition) is 2. The first-order valence-electron chi connectivity index (χ1n) is 4.35. The van der Waals surface area contributed by atoms with Gasteiger partial charge in [-0.2, -0.15) is 0 Å². The number of halogens is 3. The smallest absolute Gasteiger partial charge is 0.290 e. The van der Waals surface area contributed by atoms with E-state index in [1.807, 2.05) is 0 Å². The van der Waals surface area contributed by atoms with Crippen molar-refractivity contribution in [2.75, 3.05) is 0 Å². The molecule has 0 fully saturated rings. The van der Waals surface area contributed by atoms with Crippen molar-refractivity contribution in [2.45, 2.75) is 0 Å². The maximum Gasteiger partial charge on any atom is 0.290 e. The molecule has 0 unspecified atom stereocenters. The summed E-state index contributed by atoms with van der Waals surface area (Å²) in [6.07, 6.45) is 0. The van der Waals surface area contributed by atoms with Crippen LogP contribution in [-0.2, 0) is 0 Å². The second-order valence-electron chi connectivity index (χ2n) is 3.26. The number of fused-ring (bicyclic) bond motifs is 1. The minimum atomic E-state index is -1.81. The Morgan fingerprint density at radius 3 is 2.35 bits per heavy atom. The van der Waals surface area contributed by atoms with Gasteiger partial charge in [-0.05, 0) is 6.07 Å². The lowest BCUT2D eigenvalue weighted by Gasteiger charge is -1.97. The summed E-state index contributed by atoms with van der Waals surface area (Å²) in [5, 5.41) is 8.48. The van der Waals surface area contributed by atoms with Crippen molar-refractivity contribution in [2.24, 2.45) is 0 Å². The lowest BCUT2D eigenvalue weighted by Crippen LogP contribution is -2.03. The van der Waals surface area contributed by atoms with Crippen LogP contribution in [0, 0.1) is 17.5 Å². The third-order valence-electron chi connectivity index (χ3n) is 2.17. The Labute approximate surface area is 91.0 Å². The molecule has 2 rings (SSSR count). The molecule has 1 heterocycles. The second kappa shape index (κ2) is 3.62. The molecule has 0 atom stereocenters. The molecular formula is C10H4F3NO3. The molecule has 17 heavy (non-hydrogen) atoms. The number of aromatic nitrogens is 1. The first-order chi connectivity index (χ1) is 7.91. The van der Waals surface area contributed by atoms with E-state index in [2.05, 4.69) is 0 Å². The van der Waals surface area contributed by atoms with E-state index in [1.165, 1.54) is 0 Å². The number of nitrogens with one attached hydrogen (secondary N) is 1. The van der Waals surface area contributed by atoms with Gasteiger partial charge in [0.1, 0.15) is 0 Å². The number of H-pyrrole nitrogens is 1. The van der Waals surface area contributed by atoms with E-state index in [9.17, 15) is 22.8 Å². The van der Waals surface area contributed by atoms with Crippen LogP contribution in [0.2, 0.25) is 0 Å². The van der Waals surface area contributed by atoms with Gasteiger partial charge in [0.2, 0.25) is 0 Å². The van der Waals surface area contributed by atoms with Crippen LogP contribution in [0.3, 0.4) is 0 Å². The Kier molecular flexibility index (Phi) is 2.38. The lowest BCUT2D eigenvalue weighted by atomic mass is 10.2. The van der Waals surface area contributed by atoms with Gasteiger partial charge in [-0.25, -0.2) is 13.2 Å². The summed E-state index contributed by atoms with van der Waals surface area (Å²) in [4.78, 5) is 24.3.